The Morgan fingerprint density at radius 1 is 0.846 bits per heavy atom. The van der Waals surface area contributed by atoms with Crippen LogP contribution in [-0.2, 0) is 27.3 Å². The average Bonchev–Trinajstić information content (AvgIpc) is 3.57. The van der Waals surface area contributed by atoms with E-state index in [-0.39, 0.29) is 30.7 Å². The van der Waals surface area contributed by atoms with Gasteiger partial charge in [-0.1, -0.05) is 56.3 Å². The van der Waals surface area contributed by atoms with Crippen molar-refractivity contribution in [3.8, 4) is 5.75 Å². The van der Waals surface area contributed by atoms with Crippen LogP contribution in [0, 0.1) is 5.92 Å². The summed E-state index contributed by atoms with van der Waals surface area (Å²) in [6.07, 6.45) is 1.73. The first-order valence-corrected chi connectivity index (χ1v) is 17.8. The third kappa shape index (κ3) is 9.99. The van der Waals surface area contributed by atoms with Crippen LogP contribution in [0.1, 0.15) is 72.0 Å². The number of ether oxygens (including phenoxy) is 1. The molecular formula is C40H48N6O6. The first-order valence-electron chi connectivity index (χ1n) is 17.8. The molecule has 52 heavy (non-hydrogen) atoms. The van der Waals surface area contributed by atoms with E-state index in [9.17, 15) is 24.0 Å². The molecule has 0 unspecified atom stereocenters. The largest absolute Gasteiger partial charge is 0.497 e. The second-order valence-electron chi connectivity index (χ2n) is 13.7. The molecule has 1 aromatic heterocycles. The molecule has 274 valence electrons. The smallest absolute Gasteiger partial charge is 0.270 e. The Morgan fingerprint density at radius 3 is 2.29 bits per heavy atom. The van der Waals surface area contributed by atoms with Gasteiger partial charge in [0.1, 0.15) is 29.6 Å². The number of rotatable bonds is 6. The van der Waals surface area contributed by atoms with Crippen molar-refractivity contribution < 1.29 is 28.7 Å². The van der Waals surface area contributed by atoms with Crippen molar-refractivity contribution in [3.05, 3.63) is 101 Å². The van der Waals surface area contributed by atoms with Crippen LogP contribution in [0.5, 0.6) is 5.75 Å². The Bertz CT molecular complexity index is 1870. The Kier molecular flexibility index (Phi) is 12.7. The molecule has 4 aromatic rings. The highest BCUT2D eigenvalue weighted by Crippen LogP contribution is 2.23. The fraction of sp³-hybridized carbons (Fsp3) is 0.375. The lowest BCUT2D eigenvalue weighted by Gasteiger charge is -2.25. The lowest BCUT2D eigenvalue weighted by molar-refractivity contribution is -0.132. The zero-order valence-electron chi connectivity index (χ0n) is 30.2. The van der Waals surface area contributed by atoms with Crippen molar-refractivity contribution in [2.45, 2.75) is 71.1 Å². The predicted octanol–water partition coefficient (Wildman–Crippen LogP) is 4.11. The van der Waals surface area contributed by atoms with Gasteiger partial charge in [0.15, 0.2) is 0 Å². The lowest BCUT2D eigenvalue weighted by Crippen LogP contribution is -2.57. The molecule has 0 aliphatic carbocycles. The van der Waals surface area contributed by atoms with Gasteiger partial charge >= 0.3 is 0 Å². The summed E-state index contributed by atoms with van der Waals surface area (Å²) in [4.78, 5) is 72.6. The standard InChI is InChI=1S/C40H48N6O6/c1-25(2)20-33-38(49)42-26(3)36(47)41-18-8-9-19-46(40(51)35-23-30-22-31(52-4)16-17-32(30)43-35)24-28-12-14-29(15-13-28)37(48)44-34(39(50)45-33)21-27-10-6-5-7-11-27/h5-7,10-17,22-23,25-26,33-34,43H,8-9,18-21,24H2,1-4H3,(H,41,47)(H,42,49)(H,44,48)(H,45,50)/t26-,33+,34-/m1/s1. The van der Waals surface area contributed by atoms with E-state index in [1.807, 2.05) is 62.4 Å². The number of carbonyl (C=O) groups excluding carboxylic acids is 5. The van der Waals surface area contributed by atoms with Gasteiger partial charge < -0.3 is 35.9 Å². The summed E-state index contributed by atoms with van der Waals surface area (Å²) in [5.74, 6) is -1.26. The van der Waals surface area contributed by atoms with E-state index in [1.54, 1.807) is 49.3 Å². The van der Waals surface area contributed by atoms with Crippen molar-refractivity contribution >= 4 is 40.4 Å². The topological polar surface area (TPSA) is 162 Å². The molecule has 0 spiro atoms. The highest BCUT2D eigenvalue weighted by Gasteiger charge is 2.30. The molecular weight excluding hydrogens is 660 g/mol. The molecule has 2 aliphatic heterocycles. The fourth-order valence-corrected chi connectivity index (χ4v) is 6.21. The summed E-state index contributed by atoms with van der Waals surface area (Å²) in [7, 11) is 1.59. The van der Waals surface area contributed by atoms with Crippen LogP contribution >= 0.6 is 0 Å². The Balaban J connectivity index is 1.42. The highest BCUT2D eigenvalue weighted by molar-refractivity contribution is 6.00. The minimum absolute atomic E-state index is 0.0568. The van der Waals surface area contributed by atoms with Crippen LogP contribution in [0.2, 0.25) is 0 Å². The molecule has 12 nitrogen and oxygen atoms in total. The molecule has 0 fully saturated rings. The zero-order valence-corrected chi connectivity index (χ0v) is 30.2. The number of H-pyrrole nitrogens is 1. The SMILES string of the molecule is COc1ccc2[nH]c(C(=O)N3CCCCNC(=O)[C@@H](C)NC(=O)[C@H](CC(C)C)NC(=O)[C@@H](Cc4ccccc4)NC(=O)c4ccc(cc4)C3)cc2c1. The summed E-state index contributed by atoms with van der Waals surface area (Å²) in [5, 5.41) is 12.2. The molecule has 2 aliphatic rings. The van der Waals surface area contributed by atoms with Gasteiger partial charge in [-0.3, -0.25) is 24.0 Å². The molecule has 3 heterocycles. The molecule has 5 N–H and O–H groups in total. The lowest BCUT2D eigenvalue weighted by atomic mass is 10.0. The molecule has 3 atom stereocenters. The third-order valence-corrected chi connectivity index (χ3v) is 9.09. The number of methoxy groups -OCH3 is 1. The molecule has 6 rings (SSSR count). The molecule has 3 aromatic carbocycles. The molecule has 0 saturated carbocycles. The number of aromatic amines is 1. The maximum Gasteiger partial charge on any atom is 0.270 e. The summed E-state index contributed by atoms with van der Waals surface area (Å²) in [5.41, 5.74) is 3.23. The minimum Gasteiger partial charge on any atom is -0.497 e. The van der Waals surface area contributed by atoms with Crippen LogP contribution in [0.3, 0.4) is 0 Å². The average molecular weight is 709 g/mol. The van der Waals surface area contributed by atoms with Gasteiger partial charge in [-0.15, -0.1) is 0 Å². The first-order chi connectivity index (χ1) is 25.0. The van der Waals surface area contributed by atoms with Crippen LogP contribution in [0.4, 0.5) is 0 Å². The van der Waals surface area contributed by atoms with Crippen LogP contribution in [-0.4, -0.2) is 77.7 Å². The van der Waals surface area contributed by atoms with Crippen molar-refractivity contribution in [1.29, 1.82) is 0 Å². The number of benzene rings is 3. The number of hydrogen-bond acceptors (Lipinski definition) is 6. The van der Waals surface area contributed by atoms with Gasteiger partial charge in [-0.05, 0) is 79.6 Å². The summed E-state index contributed by atoms with van der Waals surface area (Å²) in [6.45, 7) is 6.51. The van der Waals surface area contributed by atoms with E-state index in [4.69, 9.17) is 4.74 Å². The quantitative estimate of drug-likeness (QED) is 0.190. The van der Waals surface area contributed by atoms with Crippen LogP contribution < -0.4 is 26.0 Å². The number of nitrogens with zero attached hydrogens (tertiary/aromatic N) is 1. The van der Waals surface area contributed by atoms with Gasteiger partial charge in [0.25, 0.3) is 11.8 Å². The summed E-state index contributed by atoms with van der Waals surface area (Å²) < 4.78 is 5.34. The van der Waals surface area contributed by atoms with Crippen molar-refractivity contribution in [2.75, 3.05) is 20.2 Å². The van der Waals surface area contributed by atoms with Crippen molar-refractivity contribution in [3.63, 3.8) is 0 Å². The van der Waals surface area contributed by atoms with Gasteiger partial charge in [0.05, 0.1) is 7.11 Å². The molecule has 12 heteroatoms. The molecule has 2 bridgehead atoms. The van der Waals surface area contributed by atoms with Gasteiger partial charge in [-0.25, -0.2) is 0 Å². The number of nitrogens with one attached hydrogen (secondary N) is 5. The minimum atomic E-state index is -0.990. The molecule has 0 radical (unpaired) electrons. The van der Waals surface area contributed by atoms with E-state index in [2.05, 4.69) is 26.3 Å². The van der Waals surface area contributed by atoms with E-state index in [0.717, 1.165) is 22.0 Å². The van der Waals surface area contributed by atoms with Crippen molar-refractivity contribution in [1.82, 2.24) is 31.2 Å². The van der Waals surface area contributed by atoms with Crippen LogP contribution in [0.25, 0.3) is 10.9 Å². The van der Waals surface area contributed by atoms with E-state index in [1.165, 1.54) is 0 Å². The predicted molar refractivity (Wildman–Crippen MR) is 199 cm³/mol. The number of hydrogen-bond donors (Lipinski definition) is 5. The number of carbonyl (C=O) groups is 5. The fourth-order valence-electron chi connectivity index (χ4n) is 6.21. The molecule has 5 amide bonds. The van der Waals surface area contributed by atoms with Crippen molar-refractivity contribution in [2.24, 2.45) is 5.92 Å². The van der Waals surface area contributed by atoms with Gasteiger partial charge in [-0.2, -0.15) is 0 Å². The number of aromatic nitrogens is 1. The van der Waals surface area contributed by atoms with Gasteiger partial charge in [0.2, 0.25) is 17.7 Å². The summed E-state index contributed by atoms with van der Waals surface area (Å²) in [6, 6.07) is 20.8. The van der Waals surface area contributed by atoms with E-state index >= 15 is 0 Å². The second-order valence-corrected chi connectivity index (χ2v) is 13.7. The Labute approximate surface area is 304 Å². The van der Waals surface area contributed by atoms with E-state index < -0.39 is 35.8 Å². The molecule has 0 saturated heterocycles. The van der Waals surface area contributed by atoms with E-state index in [0.29, 0.717) is 49.4 Å². The number of amides is 5. The Morgan fingerprint density at radius 2 is 1.58 bits per heavy atom. The Hall–Kier alpha value is -5.65. The van der Waals surface area contributed by atoms with Crippen LogP contribution in [0.15, 0.2) is 78.9 Å². The maximum atomic E-state index is 13.9. The zero-order chi connectivity index (χ0) is 37.2. The monoisotopic (exact) mass is 708 g/mol. The normalized spacial score (nSPS) is 19.7. The first kappa shape index (κ1) is 37.6. The highest BCUT2D eigenvalue weighted by atomic mass is 16.5. The second kappa shape index (κ2) is 17.5. The third-order valence-electron chi connectivity index (χ3n) is 9.09. The van der Waals surface area contributed by atoms with Gasteiger partial charge in [0, 0.05) is 42.5 Å². The summed E-state index contributed by atoms with van der Waals surface area (Å²) >= 11 is 0. The number of fused-ring (bicyclic) bond motifs is 19. The maximum absolute atomic E-state index is 13.9.